The predicted octanol–water partition coefficient (Wildman–Crippen LogP) is 2.41. The summed E-state index contributed by atoms with van der Waals surface area (Å²) in [5.41, 5.74) is 0.874. The minimum atomic E-state index is -0.567. The van der Waals surface area contributed by atoms with E-state index in [-0.39, 0.29) is 18.1 Å². The Bertz CT molecular complexity index is 645. The molecule has 2 aromatic heterocycles. The van der Waals surface area contributed by atoms with E-state index in [1.54, 1.807) is 17.8 Å². The van der Waals surface area contributed by atoms with Gasteiger partial charge < -0.3 is 4.74 Å². The minimum absolute atomic E-state index is 0.0867. The molecule has 0 aliphatic rings. The molecule has 0 aliphatic heterocycles. The summed E-state index contributed by atoms with van der Waals surface area (Å²) >= 11 is 1.18. The van der Waals surface area contributed by atoms with Crippen LogP contribution in [0, 0.1) is 0 Å². The minimum Gasteiger partial charge on any atom is -0.461 e. The van der Waals surface area contributed by atoms with E-state index in [1.807, 2.05) is 13.1 Å². The molecule has 0 atom stereocenters. The van der Waals surface area contributed by atoms with E-state index in [1.165, 1.54) is 18.3 Å². The van der Waals surface area contributed by atoms with E-state index < -0.39 is 5.97 Å². The third-order valence-electron chi connectivity index (χ3n) is 2.62. The molecule has 0 N–H and O–H groups in total. The van der Waals surface area contributed by atoms with Crippen LogP contribution in [-0.2, 0) is 11.3 Å². The SMILES string of the molecule is CCOC(=O)c1nc(-c2cnn(CC)c2)sc1C(C)=O. The number of carbonyl (C=O) groups is 2. The maximum absolute atomic E-state index is 11.8. The van der Waals surface area contributed by atoms with Crippen LogP contribution in [0.15, 0.2) is 12.4 Å². The molecule has 2 heterocycles. The van der Waals surface area contributed by atoms with Crippen molar-refractivity contribution in [2.75, 3.05) is 6.61 Å². The lowest BCUT2D eigenvalue weighted by Gasteiger charge is -1.98. The largest absolute Gasteiger partial charge is 0.461 e. The molecule has 0 saturated carbocycles. The molecule has 0 unspecified atom stereocenters. The normalized spacial score (nSPS) is 10.6. The van der Waals surface area contributed by atoms with Gasteiger partial charge in [-0.15, -0.1) is 11.3 Å². The van der Waals surface area contributed by atoms with Crippen molar-refractivity contribution >= 4 is 23.1 Å². The molecule has 0 saturated heterocycles. The van der Waals surface area contributed by atoms with Crippen LogP contribution in [0.2, 0.25) is 0 Å². The van der Waals surface area contributed by atoms with Crippen molar-refractivity contribution < 1.29 is 14.3 Å². The summed E-state index contributed by atoms with van der Waals surface area (Å²) in [5.74, 6) is -0.761. The molecule has 0 spiro atoms. The van der Waals surface area contributed by atoms with E-state index in [0.717, 1.165) is 12.1 Å². The molecule has 2 aromatic rings. The Hall–Kier alpha value is -2.02. The quantitative estimate of drug-likeness (QED) is 0.625. The number of aryl methyl sites for hydroxylation is 1. The van der Waals surface area contributed by atoms with Gasteiger partial charge in [-0.3, -0.25) is 9.48 Å². The molecular formula is C13H15N3O3S. The first kappa shape index (κ1) is 14.4. The molecule has 20 heavy (non-hydrogen) atoms. The second-order valence-corrected chi connectivity index (χ2v) is 5.06. The van der Waals surface area contributed by atoms with E-state index in [2.05, 4.69) is 10.1 Å². The molecule has 0 aromatic carbocycles. The molecule has 0 amide bonds. The Balaban J connectivity index is 2.43. The summed E-state index contributed by atoms with van der Waals surface area (Å²) in [5, 5.41) is 4.75. The zero-order chi connectivity index (χ0) is 14.7. The van der Waals surface area contributed by atoms with Gasteiger partial charge in [-0.1, -0.05) is 0 Å². The Morgan fingerprint density at radius 2 is 2.15 bits per heavy atom. The molecule has 0 bridgehead atoms. The van der Waals surface area contributed by atoms with Crippen LogP contribution in [0.3, 0.4) is 0 Å². The number of esters is 1. The fourth-order valence-corrected chi connectivity index (χ4v) is 2.59. The highest BCUT2D eigenvalue weighted by Crippen LogP contribution is 2.28. The van der Waals surface area contributed by atoms with Gasteiger partial charge in [0.05, 0.1) is 12.8 Å². The molecule has 0 radical (unpaired) electrons. The number of ketones is 1. The predicted molar refractivity (Wildman–Crippen MR) is 75.0 cm³/mol. The van der Waals surface area contributed by atoms with Gasteiger partial charge in [0, 0.05) is 25.2 Å². The van der Waals surface area contributed by atoms with Crippen LogP contribution in [0.4, 0.5) is 0 Å². The summed E-state index contributed by atoms with van der Waals surface area (Å²) in [6.07, 6.45) is 3.50. The van der Waals surface area contributed by atoms with Gasteiger partial charge in [0.2, 0.25) is 0 Å². The monoisotopic (exact) mass is 293 g/mol. The van der Waals surface area contributed by atoms with Gasteiger partial charge in [0.25, 0.3) is 0 Å². The Kier molecular flexibility index (Phi) is 4.29. The standard InChI is InChI=1S/C13H15N3O3S/c1-4-16-7-9(6-14-16)12-15-10(13(18)19-5-2)11(20-12)8(3)17/h6-7H,4-5H2,1-3H3. The van der Waals surface area contributed by atoms with Crippen molar-refractivity contribution in [3.8, 4) is 10.6 Å². The average Bonchev–Trinajstić information content (AvgIpc) is 3.05. The number of Topliss-reactive ketones (excluding diaryl/α,β-unsaturated/α-hetero) is 1. The number of hydrogen-bond donors (Lipinski definition) is 0. The fourth-order valence-electron chi connectivity index (χ4n) is 1.67. The third-order valence-corrected chi connectivity index (χ3v) is 3.83. The van der Waals surface area contributed by atoms with Gasteiger partial charge >= 0.3 is 5.97 Å². The first-order valence-corrected chi connectivity index (χ1v) is 7.10. The molecular weight excluding hydrogens is 278 g/mol. The van der Waals surface area contributed by atoms with Crippen molar-refractivity contribution in [1.82, 2.24) is 14.8 Å². The number of ether oxygens (including phenoxy) is 1. The van der Waals surface area contributed by atoms with Gasteiger partial charge in [0.1, 0.15) is 9.88 Å². The zero-order valence-electron chi connectivity index (χ0n) is 11.5. The zero-order valence-corrected chi connectivity index (χ0v) is 12.4. The maximum atomic E-state index is 11.8. The van der Waals surface area contributed by atoms with Crippen LogP contribution in [0.25, 0.3) is 10.6 Å². The summed E-state index contributed by atoms with van der Waals surface area (Å²) in [7, 11) is 0. The fraction of sp³-hybridized carbons (Fsp3) is 0.385. The van der Waals surface area contributed by atoms with Crippen LogP contribution >= 0.6 is 11.3 Å². The van der Waals surface area contributed by atoms with Crippen molar-refractivity contribution in [2.45, 2.75) is 27.3 Å². The Morgan fingerprint density at radius 3 is 2.70 bits per heavy atom. The van der Waals surface area contributed by atoms with Crippen LogP contribution < -0.4 is 0 Å². The molecule has 7 heteroatoms. The Morgan fingerprint density at radius 1 is 1.40 bits per heavy atom. The van der Waals surface area contributed by atoms with Gasteiger partial charge in [-0.05, 0) is 13.8 Å². The number of aromatic nitrogens is 3. The van der Waals surface area contributed by atoms with Gasteiger partial charge in [-0.2, -0.15) is 5.10 Å². The summed E-state index contributed by atoms with van der Waals surface area (Å²) in [4.78, 5) is 28.0. The summed E-state index contributed by atoms with van der Waals surface area (Å²) in [6.45, 7) is 6.09. The summed E-state index contributed by atoms with van der Waals surface area (Å²) in [6, 6.07) is 0. The van der Waals surface area contributed by atoms with Crippen molar-refractivity contribution in [3.05, 3.63) is 23.0 Å². The third kappa shape index (κ3) is 2.77. The van der Waals surface area contributed by atoms with Crippen molar-refractivity contribution in [3.63, 3.8) is 0 Å². The number of carbonyl (C=O) groups excluding carboxylic acids is 2. The lowest BCUT2D eigenvalue weighted by Crippen LogP contribution is -2.09. The first-order chi connectivity index (χ1) is 9.56. The molecule has 6 nitrogen and oxygen atoms in total. The molecule has 2 rings (SSSR count). The first-order valence-electron chi connectivity index (χ1n) is 6.28. The molecule has 0 aliphatic carbocycles. The number of nitrogens with zero attached hydrogens (tertiary/aromatic N) is 3. The topological polar surface area (TPSA) is 74.1 Å². The van der Waals surface area contributed by atoms with E-state index in [0.29, 0.717) is 9.88 Å². The van der Waals surface area contributed by atoms with E-state index in [9.17, 15) is 9.59 Å². The maximum Gasteiger partial charge on any atom is 0.358 e. The second-order valence-electron chi connectivity index (χ2n) is 4.06. The van der Waals surface area contributed by atoms with Crippen LogP contribution in [0.1, 0.15) is 40.9 Å². The second kappa shape index (κ2) is 5.96. The Labute approximate surface area is 120 Å². The average molecular weight is 293 g/mol. The van der Waals surface area contributed by atoms with Crippen LogP contribution in [-0.4, -0.2) is 33.1 Å². The highest BCUT2D eigenvalue weighted by Gasteiger charge is 2.23. The van der Waals surface area contributed by atoms with Crippen molar-refractivity contribution in [1.29, 1.82) is 0 Å². The highest BCUT2D eigenvalue weighted by atomic mass is 32.1. The van der Waals surface area contributed by atoms with Crippen molar-refractivity contribution in [2.24, 2.45) is 0 Å². The van der Waals surface area contributed by atoms with Gasteiger partial charge in [-0.25, -0.2) is 9.78 Å². The van der Waals surface area contributed by atoms with Crippen LogP contribution in [0.5, 0.6) is 0 Å². The molecule has 106 valence electrons. The summed E-state index contributed by atoms with van der Waals surface area (Å²) < 4.78 is 6.68. The lowest BCUT2D eigenvalue weighted by atomic mass is 10.3. The number of rotatable bonds is 5. The molecule has 0 fully saturated rings. The smallest absolute Gasteiger partial charge is 0.358 e. The highest BCUT2D eigenvalue weighted by molar-refractivity contribution is 7.17. The van der Waals surface area contributed by atoms with E-state index in [4.69, 9.17) is 4.74 Å². The number of thiazole rings is 1. The number of hydrogen-bond acceptors (Lipinski definition) is 6. The lowest BCUT2D eigenvalue weighted by molar-refractivity contribution is 0.0517. The van der Waals surface area contributed by atoms with E-state index >= 15 is 0 Å². The van der Waals surface area contributed by atoms with Gasteiger partial charge in [0.15, 0.2) is 11.5 Å².